The molecule has 0 radical (unpaired) electrons. The summed E-state index contributed by atoms with van der Waals surface area (Å²) in [5.41, 5.74) is 6.31. The minimum atomic E-state index is -1.95. The Hall–Kier alpha value is -8.44. The third kappa shape index (κ3) is 26.7. The summed E-state index contributed by atoms with van der Waals surface area (Å²) < 4.78 is 0. The zero-order valence-corrected chi connectivity index (χ0v) is 41.1. The SMILES string of the molecule is CC(C)C[C@H](N)C(=O)N[C@@H](CCC(=O)O)C(=O)N[C@@H](CCC(=O)O)C(=O)N[C@@H](CCC(=O)O)C(=O)N[C@@H](CCC(=O)O)C(=O)N[C@@H](CCC(=O)O)C(=O)N[C@@H](C)C(=O)N[C@@H](Cc1ccc(O)cc1)C(=O)NCC(=O)O. The lowest BCUT2D eigenvalue weighted by Gasteiger charge is -2.27. The van der Waals surface area contributed by atoms with E-state index in [1.165, 1.54) is 24.3 Å². The Balaban J connectivity index is 3.49. The van der Waals surface area contributed by atoms with Crippen molar-refractivity contribution in [2.24, 2.45) is 11.7 Å². The number of carboxylic acids is 6. The van der Waals surface area contributed by atoms with E-state index in [-0.39, 0.29) is 24.5 Å². The fraction of sp³-hybridized carbons (Fsp3) is 0.556. The number of carboxylic acid groups (broad SMARTS) is 6. The van der Waals surface area contributed by atoms with E-state index in [1.54, 1.807) is 13.8 Å². The van der Waals surface area contributed by atoms with Crippen LogP contribution < -0.4 is 48.3 Å². The highest BCUT2D eigenvalue weighted by molar-refractivity contribution is 5.98. The lowest BCUT2D eigenvalue weighted by Crippen LogP contribution is -2.60. The van der Waals surface area contributed by atoms with Gasteiger partial charge < -0.3 is 84.0 Å². The fourth-order valence-corrected chi connectivity index (χ4v) is 6.71. The molecule has 0 aliphatic rings. The van der Waals surface area contributed by atoms with E-state index >= 15 is 0 Å². The van der Waals surface area contributed by atoms with Crippen molar-refractivity contribution in [3.8, 4) is 5.75 Å². The van der Waals surface area contributed by atoms with Crippen molar-refractivity contribution in [3.05, 3.63) is 29.8 Å². The first-order valence-corrected chi connectivity index (χ1v) is 23.2. The highest BCUT2D eigenvalue weighted by Gasteiger charge is 2.35. The molecule has 30 nitrogen and oxygen atoms in total. The zero-order chi connectivity index (χ0) is 57.1. The zero-order valence-electron chi connectivity index (χ0n) is 41.1. The molecule has 0 bridgehead atoms. The normalized spacial score (nSPS) is 14.0. The number of rotatable bonds is 36. The molecular formula is C45H65N9O21. The number of carbonyl (C=O) groups excluding carboxylic acids is 8. The summed E-state index contributed by atoms with van der Waals surface area (Å²) in [4.78, 5) is 177. The Morgan fingerprint density at radius 3 is 1.03 bits per heavy atom. The number of carbonyl (C=O) groups is 14. The number of nitrogens with two attached hydrogens (primary N) is 1. The highest BCUT2D eigenvalue weighted by Crippen LogP contribution is 2.13. The molecule has 8 atom stereocenters. The summed E-state index contributed by atoms with van der Waals surface area (Å²) in [5, 5.41) is 83.3. The quantitative estimate of drug-likeness (QED) is 0.0307. The van der Waals surface area contributed by atoms with Gasteiger partial charge in [-0.05, 0) is 69.1 Å². The molecule has 17 N–H and O–H groups in total. The number of hydrogen-bond acceptors (Lipinski definition) is 16. The summed E-state index contributed by atoms with van der Waals surface area (Å²) >= 11 is 0. The second-order valence-electron chi connectivity index (χ2n) is 17.5. The van der Waals surface area contributed by atoms with Crippen LogP contribution in [0.3, 0.4) is 0 Å². The maximum absolute atomic E-state index is 13.9. The number of aliphatic carboxylic acids is 6. The Morgan fingerprint density at radius 2 is 0.720 bits per heavy atom. The summed E-state index contributed by atoms with van der Waals surface area (Å²) in [6, 6.07) is -8.08. The molecule has 1 aromatic rings. The minimum absolute atomic E-state index is 0.0816. The van der Waals surface area contributed by atoms with Gasteiger partial charge in [-0.15, -0.1) is 0 Å². The van der Waals surface area contributed by atoms with E-state index in [9.17, 15) is 97.8 Å². The largest absolute Gasteiger partial charge is 0.508 e. The molecule has 0 spiro atoms. The van der Waals surface area contributed by atoms with E-state index in [2.05, 4.69) is 42.5 Å². The van der Waals surface area contributed by atoms with Crippen molar-refractivity contribution in [1.29, 1.82) is 0 Å². The van der Waals surface area contributed by atoms with Gasteiger partial charge in [0.1, 0.15) is 54.6 Å². The minimum Gasteiger partial charge on any atom is -0.508 e. The van der Waals surface area contributed by atoms with Gasteiger partial charge in [0.15, 0.2) is 0 Å². The van der Waals surface area contributed by atoms with E-state index < -0.39 is 202 Å². The van der Waals surface area contributed by atoms with E-state index in [0.717, 1.165) is 6.92 Å². The molecule has 0 heterocycles. The standard InChI is InChI=1S/C45H65N9O21/c1-21(2)18-25(46)39(69)49-27(9-14-33(58)59)42(72)51-29(11-16-35(62)63)44(74)53-30(12-17-36(64)65)45(75)52-28(10-15-34(60)61)43(73)50-26(8-13-32(56)57)41(71)48-22(3)38(68)54-31(40(70)47-20-37(66)67)19-23-4-6-24(55)7-5-23/h4-7,21-22,25-31,55H,8-20,46H2,1-3H3,(H,47,70)(H,48,71)(H,49,69)(H,50,73)(H,51,72)(H,52,75)(H,53,74)(H,54,68)(H,56,57)(H,58,59)(H,60,61)(H,62,63)(H,64,65)(H,66,67)/t22-,25-,26-,27-,28-,29-,30-,31-/m0/s1. The van der Waals surface area contributed by atoms with Gasteiger partial charge in [0, 0.05) is 38.5 Å². The Labute approximate surface area is 427 Å². The molecule has 0 fully saturated rings. The van der Waals surface area contributed by atoms with Crippen molar-refractivity contribution >= 4 is 83.1 Å². The van der Waals surface area contributed by atoms with Crippen LogP contribution in [0.5, 0.6) is 5.75 Å². The molecule has 0 aliphatic heterocycles. The Morgan fingerprint density at radius 1 is 0.413 bits per heavy atom. The molecule has 1 rings (SSSR count). The predicted octanol–water partition coefficient (Wildman–Crippen LogP) is -3.75. The van der Waals surface area contributed by atoms with Crippen LogP contribution in [0, 0.1) is 5.92 Å². The van der Waals surface area contributed by atoms with E-state index in [1.807, 2.05) is 0 Å². The second kappa shape index (κ2) is 32.6. The topological polar surface area (TPSA) is 503 Å². The van der Waals surface area contributed by atoms with Crippen LogP contribution in [-0.4, -0.2) is 174 Å². The molecule has 8 amide bonds. The number of phenols is 1. The summed E-state index contributed by atoms with van der Waals surface area (Å²) in [5.74, 6) is -18.3. The maximum Gasteiger partial charge on any atom is 0.322 e. The first kappa shape index (κ1) is 64.6. The first-order chi connectivity index (χ1) is 35.0. The first-order valence-electron chi connectivity index (χ1n) is 23.2. The number of aromatic hydroxyl groups is 1. The third-order valence-corrected chi connectivity index (χ3v) is 10.6. The molecule has 75 heavy (non-hydrogen) atoms. The van der Waals surface area contributed by atoms with Crippen LogP contribution in [0.15, 0.2) is 24.3 Å². The van der Waals surface area contributed by atoms with Crippen LogP contribution in [0.4, 0.5) is 0 Å². The van der Waals surface area contributed by atoms with Gasteiger partial charge in [0.2, 0.25) is 47.3 Å². The van der Waals surface area contributed by atoms with Crippen molar-refractivity contribution in [3.63, 3.8) is 0 Å². The van der Waals surface area contributed by atoms with Crippen molar-refractivity contribution < 1.29 is 103 Å². The Kier molecular flexibility index (Phi) is 28.1. The van der Waals surface area contributed by atoms with Gasteiger partial charge in [-0.2, -0.15) is 0 Å². The lowest BCUT2D eigenvalue weighted by atomic mass is 10.0. The fourth-order valence-electron chi connectivity index (χ4n) is 6.71. The van der Waals surface area contributed by atoms with Crippen molar-refractivity contribution in [2.45, 2.75) is 146 Å². The van der Waals surface area contributed by atoms with Gasteiger partial charge in [-0.3, -0.25) is 67.1 Å². The average Bonchev–Trinajstić information content (AvgIpc) is 3.31. The summed E-state index contributed by atoms with van der Waals surface area (Å²) in [6.07, 6.45) is -7.52. The van der Waals surface area contributed by atoms with Gasteiger partial charge in [0.05, 0.1) is 6.04 Å². The monoisotopic (exact) mass is 1070 g/mol. The number of benzene rings is 1. The summed E-state index contributed by atoms with van der Waals surface area (Å²) in [7, 11) is 0. The lowest BCUT2D eigenvalue weighted by molar-refractivity contribution is -0.141. The van der Waals surface area contributed by atoms with Crippen LogP contribution in [0.1, 0.15) is 97.0 Å². The number of nitrogens with one attached hydrogen (secondary N) is 8. The van der Waals surface area contributed by atoms with Crippen LogP contribution in [0.2, 0.25) is 0 Å². The van der Waals surface area contributed by atoms with Crippen LogP contribution in [0.25, 0.3) is 0 Å². The molecule has 0 saturated carbocycles. The third-order valence-electron chi connectivity index (χ3n) is 10.6. The maximum atomic E-state index is 13.9. The Bertz CT molecular complexity index is 2240. The average molecular weight is 1070 g/mol. The molecule has 416 valence electrons. The molecule has 0 unspecified atom stereocenters. The molecular weight excluding hydrogens is 1000 g/mol. The van der Waals surface area contributed by atoms with E-state index in [4.69, 9.17) is 10.8 Å². The van der Waals surface area contributed by atoms with Crippen molar-refractivity contribution in [1.82, 2.24) is 42.5 Å². The summed E-state index contributed by atoms with van der Waals surface area (Å²) in [6.45, 7) is 3.78. The smallest absolute Gasteiger partial charge is 0.322 e. The molecule has 0 saturated heterocycles. The second-order valence-corrected chi connectivity index (χ2v) is 17.5. The number of amides is 8. The van der Waals surface area contributed by atoms with Crippen LogP contribution >= 0.6 is 0 Å². The number of hydrogen-bond donors (Lipinski definition) is 16. The van der Waals surface area contributed by atoms with Gasteiger partial charge in [-0.25, -0.2) is 0 Å². The molecule has 1 aromatic carbocycles. The number of phenolic OH excluding ortho intramolecular Hbond substituents is 1. The van der Waals surface area contributed by atoms with E-state index in [0.29, 0.717) is 5.56 Å². The van der Waals surface area contributed by atoms with Gasteiger partial charge in [-0.1, -0.05) is 26.0 Å². The van der Waals surface area contributed by atoms with Gasteiger partial charge in [0.25, 0.3) is 0 Å². The van der Waals surface area contributed by atoms with Gasteiger partial charge >= 0.3 is 35.8 Å². The molecule has 0 aromatic heterocycles. The molecule has 30 heteroatoms. The van der Waals surface area contributed by atoms with Crippen molar-refractivity contribution in [2.75, 3.05) is 6.54 Å². The predicted molar refractivity (Wildman–Crippen MR) is 253 cm³/mol. The van der Waals surface area contributed by atoms with Crippen LogP contribution in [-0.2, 0) is 73.5 Å². The molecule has 0 aliphatic carbocycles. The highest BCUT2D eigenvalue weighted by atomic mass is 16.4.